The molecule has 0 bridgehead atoms. The van der Waals surface area contributed by atoms with Gasteiger partial charge in [-0.25, -0.2) is 9.67 Å². The van der Waals surface area contributed by atoms with Gasteiger partial charge < -0.3 is 15.8 Å². The number of nitrogens with one attached hydrogen (secondary N) is 1. The molecule has 0 aliphatic carbocycles. The third-order valence-electron chi connectivity index (χ3n) is 2.90. The molecular formula is C12H23N5O. The standard InChI is InChI=1S/C12H23N5O/c1-6-8(2)15-12(13)14-7-10-9(3)16-17(4)11(10)18-5/h8H,6-7H2,1-5H3,(H3,13,14,15). The fraction of sp³-hybridized carbons (Fsp3) is 0.667. The van der Waals surface area contributed by atoms with Gasteiger partial charge in [-0.05, 0) is 20.3 Å². The van der Waals surface area contributed by atoms with Gasteiger partial charge in [-0.1, -0.05) is 6.92 Å². The highest BCUT2D eigenvalue weighted by Crippen LogP contribution is 2.21. The van der Waals surface area contributed by atoms with Crippen molar-refractivity contribution in [1.29, 1.82) is 0 Å². The van der Waals surface area contributed by atoms with Crippen LogP contribution in [-0.4, -0.2) is 28.9 Å². The lowest BCUT2D eigenvalue weighted by Gasteiger charge is -2.11. The lowest BCUT2D eigenvalue weighted by molar-refractivity contribution is 0.369. The molecular weight excluding hydrogens is 230 g/mol. The number of aliphatic imine (C=N–C) groups is 1. The van der Waals surface area contributed by atoms with Gasteiger partial charge in [-0.15, -0.1) is 0 Å². The van der Waals surface area contributed by atoms with Crippen molar-refractivity contribution in [3.05, 3.63) is 11.3 Å². The first kappa shape index (κ1) is 14.3. The molecule has 1 aromatic rings. The molecule has 18 heavy (non-hydrogen) atoms. The molecule has 102 valence electrons. The summed E-state index contributed by atoms with van der Waals surface area (Å²) >= 11 is 0. The minimum Gasteiger partial charge on any atom is -0.481 e. The number of guanidine groups is 1. The number of nitrogens with zero attached hydrogens (tertiary/aromatic N) is 3. The van der Waals surface area contributed by atoms with E-state index < -0.39 is 0 Å². The highest BCUT2D eigenvalue weighted by atomic mass is 16.5. The van der Waals surface area contributed by atoms with E-state index in [1.165, 1.54) is 0 Å². The number of rotatable bonds is 5. The number of aryl methyl sites for hydroxylation is 2. The zero-order chi connectivity index (χ0) is 13.7. The molecule has 1 unspecified atom stereocenters. The van der Waals surface area contributed by atoms with Crippen molar-refractivity contribution in [3.63, 3.8) is 0 Å². The highest BCUT2D eigenvalue weighted by molar-refractivity contribution is 5.78. The maximum Gasteiger partial charge on any atom is 0.216 e. The Morgan fingerprint density at radius 3 is 2.83 bits per heavy atom. The highest BCUT2D eigenvalue weighted by Gasteiger charge is 2.13. The number of ether oxygens (including phenoxy) is 1. The van der Waals surface area contributed by atoms with Crippen molar-refractivity contribution in [2.75, 3.05) is 7.11 Å². The molecule has 0 aliphatic rings. The molecule has 1 aromatic heterocycles. The average Bonchev–Trinajstić information content (AvgIpc) is 2.60. The van der Waals surface area contributed by atoms with Crippen molar-refractivity contribution in [1.82, 2.24) is 15.1 Å². The SMILES string of the molecule is CCC(C)NC(N)=NCc1c(C)nn(C)c1OC. The second-order valence-electron chi connectivity index (χ2n) is 4.35. The van der Waals surface area contributed by atoms with Gasteiger partial charge in [0.05, 0.1) is 24.9 Å². The lowest BCUT2D eigenvalue weighted by atomic mass is 10.2. The second-order valence-corrected chi connectivity index (χ2v) is 4.35. The predicted molar refractivity (Wildman–Crippen MR) is 72.7 cm³/mol. The molecule has 0 amide bonds. The Morgan fingerprint density at radius 1 is 1.61 bits per heavy atom. The van der Waals surface area contributed by atoms with Gasteiger partial charge in [-0.3, -0.25) is 0 Å². The smallest absolute Gasteiger partial charge is 0.216 e. The van der Waals surface area contributed by atoms with Crippen LogP contribution in [0.3, 0.4) is 0 Å². The number of hydrogen-bond acceptors (Lipinski definition) is 3. The van der Waals surface area contributed by atoms with Gasteiger partial charge in [0, 0.05) is 13.1 Å². The van der Waals surface area contributed by atoms with E-state index in [4.69, 9.17) is 10.5 Å². The minimum absolute atomic E-state index is 0.325. The molecule has 1 rings (SSSR count). The largest absolute Gasteiger partial charge is 0.481 e. The van der Waals surface area contributed by atoms with Gasteiger partial charge in [0.15, 0.2) is 5.96 Å². The van der Waals surface area contributed by atoms with Crippen LogP contribution in [0.25, 0.3) is 0 Å². The van der Waals surface area contributed by atoms with Crippen LogP contribution in [0, 0.1) is 6.92 Å². The van der Waals surface area contributed by atoms with Gasteiger partial charge in [0.25, 0.3) is 0 Å². The molecule has 0 aromatic carbocycles. The Balaban J connectivity index is 2.76. The molecule has 0 fully saturated rings. The molecule has 0 radical (unpaired) electrons. The zero-order valence-corrected chi connectivity index (χ0v) is 11.8. The van der Waals surface area contributed by atoms with E-state index in [9.17, 15) is 0 Å². The second kappa shape index (κ2) is 6.28. The summed E-state index contributed by atoms with van der Waals surface area (Å²) in [5.41, 5.74) is 7.70. The first-order valence-corrected chi connectivity index (χ1v) is 6.12. The summed E-state index contributed by atoms with van der Waals surface area (Å²) < 4.78 is 7.01. The maximum absolute atomic E-state index is 5.82. The average molecular weight is 253 g/mol. The fourth-order valence-electron chi connectivity index (χ4n) is 1.68. The normalized spacial score (nSPS) is 13.5. The fourth-order valence-corrected chi connectivity index (χ4v) is 1.68. The van der Waals surface area contributed by atoms with Crippen molar-refractivity contribution in [2.24, 2.45) is 17.8 Å². The van der Waals surface area contributed by atoms with E-state index in [1.807, 2.05) is 14.0 Å². The zero-order valence-electron chi connectivity index (χ0n) is 11.8. The summed E-state index contributed by atoms with van der Waals surface area (Å²) in [5.74, 6) is 1.18. The number of nitrogens with two attached hydrogens (primary N) is 1. The monoisotopic (exact) mass is 253 g/mol. The number of hydrogen-bond donors (Lipinski definition) is 2. The minimum atomic E-state index is 0.325. The third kappa shape index (κ3) is 3.38. The van der Waals surface area contributed by atoms with Crippen LogP contribution in [0.5, 0.6) is 5.88 Å². The Kier molecular flexibility index (Phi) is 5.00. The molecule has 1 atom stereocenters. The van der Waals surface area contributed by atoms with Gasteiger partial charge in [-0.2, -0.15) is 5.10 Å². The molecule has 3 N–H and O–H groups in total. The molecule has 6 nitrogen and oxygen atoms in total. The van der Waals surface area contributed by atoms with Crippen LogP contribution >= 0.6 is 0 Å². The molecule has 0 aliphatic heterocycles. The Hall–Kier alpha value is -1.72. The number of methoxy groups -OCH3 is 1. The predicted octanol–water partition coefficient (Wildman–Crippen LogP) is 0.940. The Labute approximate surface area is 108 Å². The van der Waals surface area contributed by atoms with Crippen molar-refractivity contribution < 1.29 is 4.74 Å². The van der Waals surface area contributed by atoms with E-state index in [0.717, 1.165) is 23.6 Å². The molecule has 0 spiro atoms. The summed E-state index contributed by atoms with van der Waals surface area (Å²) in [6, 6.07) is 0.325. The summed E-state index contributed by atoms with van der Waals surface area (Å²) in [6.07, 6.45) is 1.01. The van der Waals surface area contributed by atoms with Crippen molar-refractivity contribution in [3.8, 4) is 5.88 Å². The molecule has 0 saturated heterocycles. The van der Waals surface area contributed by atoms with Crippen LogP contribution in [0.2, 0.25) is 0 Å². The van der Waals surface area contributed by atoms with Crippen molar-refractivity contribution in [2.45, 2.75) is 39.8 Å². The first-order chi connectivity index (χ1) is 8.49. The van der Waals surface area contributed by atoms with E-state index >= 15 is 0 Å². The first-order valence-electron chi connectivity index (χ1n) is 6.12. The number of aromatic nitrogens is 2. The quantitative estimate of drug-likeness (QED) is 0.605. The van der Waals surface area contributed by atoms with Crippen LogP contribution < -0.4 is 15.8 Å². The topological polar surface area (TPSA) is 77.5 Å². The van der Waals surface area contributed by atoms with Crippen LogP contribution in [0.4, 0.5) is 0 Å². The summed E-state index contributed by atoms with van der Waals surface area (Å²) in [7, 11) is 3.48. The van der Waals surface area contributed by atoms with Gasteiger partial charge >= 0.3 is 0 Å². The van der Waals surface area contributed by atoms with Crippen LogP contribution in [0.1, 0.15) is 31.5 Å². The van der Waals surface area contributed by atoms with E-state index in [-0.39, 0.29) is 0 Å². The third-order valence-corrected chi connectivity index (χ3v) is 2.90. The van der Waals surface area contributed by atoms with E-state index in [0.29, 0.717) is 18.5 Å². The maximum atomic E-state index is 5.82. The summed E-state index contributed by atoms with van der Waals surface area (Å²) in [5, 5.41) is 7.42. The lowest BCUT2D eigenvalue weighted by Crippen LogP contribution is -2.38. The van der Waals surface area contributed by atoms with E-state index in [1.54, 1.807) is 11.8 Å². The van der Waals surface area contributed by atoms with E-state index in [2.05, 4.69) is 29.3 Å². The van der Waals surface area contributed by atoms with Crippen LogP contribution in [0.15, 0.2) is 4.99 Å². The summed E-state index contributed by atoms with van der Waals surface area (Å²) in [6.45, 7) is 6.57. The summed E-state index contributed by atoms with van der Waals surface area (Å²) in [4.78, 5) is 4.32. The Bertz CT molecular complexity index is 424. The molecule has 0 saturated carbocycles. The van der Waals surface area contributed by atoms with Gasteiger partial charge in [0.1, 0.15) is 0 Å². The van der Waals surface area contributed by atoms with Crippen molar-refractivity contribution >= 4 is 5.96 Å². The molecule has 1 heterocycles. The molecule has 6 heteroatoms. The Morgan fingerprint density at radius 2 is 2.28 bits per heavy atom. The van der Waals surface area contributed by atoms with Crippen LogP contribution in [-0.2, 0) is 13.6 Å². The van der Waals surface area contributed by atoms with Gasteiger partial charge in [0.2, 0.25) is 5.88 Å².